The van der Waals surface area contributed by atoms with Crippen molar-refractivity contribution >= 4 is 27.4 Å². The van der Waals surface area contributed by atoms with Gasteiger partial charge in [-0.25, -0.2) is 0 Å². The van der Waals surface area contributed by atoms with E-state index in [1.807, 2.05) is 0 Å². The smallest absolute Gasteiger partial charge is 0.319 e. The van der Waals surface area contributed by atoms with Gasteiger partial charge in [0.1, 0.15) is 0 Å². The van der Waals surface area contributed by atoms with Gasteiger partial charge >= 0.3 is 5.69 Å². The number of phenolic OH excluding ortho intramolecular Hbond substituents is 1. The number of ketones is 1. The van der Waals surface area contributed by atoms with Gasteiger partial charge in [0.2, 0.25) is 5.82 Å². The number of hydrogen-bond acceptors (Lipinski definition) is 4. The number of phenols is 1. The molecule has 0 unspecified atom stereocenters. The predicted octanol–water partition coefficient (Wildman–Crippen LogP) is 2.02. The Morgan fingerprint density at radius 1 is 1.60 bits per heavy atom. The second-order valence-electron chi connectivity index (χ2n) is 2.61. The van der Waals surface area contributed by atoms with Crippen LogP contribution in [0.15, 0.2) is 12.1 Å². The van der Waals surface area contributed by atoms with Crippen LogP contribution in [0.2, 0.25) is 0 Å². The second kappa shape index (κ2) is 4.35. The highest BCUT2D eigenvalue weighted by atomic mass is 79.9. The topological polar surface area (TPSA) is 80.4 Å². The van der Waals surface area contributed by atoms with Crippen molar-refractivity contribution < 1.29 is 19.2 Å². The summed E-state index contributed by atoms with van der Waals surface area (Å²) < 4.78 is 13.2. The SMILES string of the molecule is O=C(CBr)c1ccc(O)c(F)c1[N+](=O)[O-]. The van der Waals surface area contributed by atoms with E-state index in [4.69, 9.17) is 5.11 Å². The fourth-order valence-electron chi connectivity index (χ4n) is 1.03. The second-order valence-corrected chi connectivity index (χ2v) is 3.17. The molecule has 5 nitrogen and oxygen atoms in total. The van der Waals surface area contributed by atoms with Crippen LogP contribution in [0.4, 0.5) is 10.1 Å². The maximum Gasteiger partial charge on any atom is 0.319 e. The lowest BCUT2D eigenvalue weighted by Crippen LogP contribution is -2.06. The Hall–Kier alpha value is -1.50. The summed E-state index contributed by atoms with van der Waals surface area (Å²) in [6.07, 6.45) is 0. The third kappa shape index (κ3) is 2.12. The highest BCUT2D eigenvalue weighted by Gasteiger charge is 2.26. The number of carbonyl (C=O) groups is 1. The summed E-state index contributed by atoms with van der Waals surface area (Å²) in [5.41, 5.74) is -1.37. The predicted molar refractivity (Wildman–Crippen MR) is 52.8 cm³/mol. The van der Waals surface area contributed by atoms with Gasteiger partial charge in [-0.2, -0.15) is 4.39 Å². The number of alkyl halides is 1. The van der Waals surface area contributed by atoms with Crippen LogP contribution < -0.4 is 0 Å². The van der Waals surface area contributed by atoms with Gasteiger partial charge in [-0.15, -0.1) is 0 Å². The minimum absolute atomic E-state index is 0.155. The number of nitro groups is 1. The fraction of sp³-hybridized carbons (Fsp3) is 0.125. The van der Waals surface area contributed by atoms with Crippen LogP contribution in [0, 0.1) is 15.9 Å². The van der Waals surface area contributed by atoms with E-state index in [0.717, 1.165) is 12.1 Å². The monoisotopic (exact) mass is 277 g/mol. The number of nitro benzene ring substituents is 1. The zero-order chi connectivity index (χ0) is 11.6. The molecule has 1 rings (SSSR count). The number of nitrogens with zero attached hydrogens (tertiary/aromatic N) is 1. The largest absolute Gasteiger partial charge is 0.505 e. The Kier molecular flexibility index (Phi) is 3.35. The van der Waals surface area contributed by atoms with Gasteiger partial charge in [-0.3, -0.25) is 14.9 Å². The molecule has 0 amide bonds. The molecule has 7 heteroatoms. The summed E-state index contributed by atoms with van der Waals surface area (Å²) in [5.74, 6) is -2.87. The molecule has 0 spiro atoms. The Balaban J connectivity index is 3.46. The minimum Gasteiger partial charge on any atom is -0.505 e. The van der Waals surface area contributed by atoms with E-state index >= 15 is 0 Å². The van der Waals surface area contributed by atoms with Gasteiger partial charge in [0.15, 0.2) is 11.5 Å². The summed E-state index contributed by atoms with van der Waals surface area (Å²) in [6, 6.07) is 1.92. The van der Waals surface area contributed by atoms with E-state index < -0.39 is 28.0 Å². The quantitative estimate of drug-likeness (QED) is 0.397. The summed E-state index contributed by atoms with van der Waals surface area (Å²) in [7, 11) is 0. The van der Waals surface area contributed by atoms with Crippen LogP contribution in [0.25, 0.3) is 0 Å². The first-order valence-electron chi connectivity index (χ1n) is 3.74. The van der Waals surface area contributed by atoms with Crippen LogP contribution in [-0.4, -0.2) is 21.1 Å². The molecule has 0 aliphatic heterocycles. The molecule has 0 saturated heterocycles. The Bertz CT molecular complexity index is 435. The van der Waals surface area contributed by atoms with Crippen LogP contribution in [-0.2, 0) is 0 Å². The van der Waals surface area contributed by atoms with Crippen molar-refractivity contribution in [2.45, 2.75) is 0 Å². The maximum atomic E-state index is 13.2. The number of carbonyl (C=O) groups excluding carboxylic acids is 1. The van der Waals surface area contributed by atoms with Crippen LogP contribution in [0.3, 0.4) is 0 Å². The van der Waals surface area contributed by atoms with Gasteiger partial charge in [-0.1, -0.05) is 15.9 Å². The van der Waals surface area contributed by atoms with Gasteiger partial charge in [-0.05, 0) is 12.1 Å². The molecule has 80 valence electrons. The van der Waals surface area contributed by atoms with Crippen molar-refractivity contribution in [1.29, 1.82) is 0 Å². The maximum absolute atomic E-state index is 13.2. The standard InChI is InChI=1S/C8H5BrFNO4/c9-3-6(13)4-1-2-5(12)7(10)8(4)11(14)15/h1-2,12H,3H2. The summed E-state index contributed by atoms with van der Waals surface area (Å²) >= 11 is 2.82. The molecule has 0 fully saturated rings. The molecule has 0 saturated carbocycles. The molecule has 0 atom stereocenters. The molecule has 0 aliphatic carbocycles. The first kappa shape index (κ1) is 11.6. The Labute approximate surface area is 91.8 Å². The summed E-state index contributed by atoms with van der Waals surface area (Å²) in [6.45, 7) is 0. The van der Waals surface area contributed by atoms with Crippen molar-refractivity contribution in [3.05, 3.63) is 33.6 Å². The molecule has 15 heavy (non-hydrogen) atoms. The molecule has 0 heterocycles. The van der Waals surface area contributed by atoms with Crippen molar-refractivity contribution in [3.8, 4) is 5.75 Å². The van der Waals surface area contributed by atoms with E-state index in [1.54, 1.807) is 0 Å². The number of aromatic hydroxyl groups is 1. The minimum atomic E-state index is -1.40. The van der Waals surface area contributed by atoms with E-state index in [2.05, 4.69) is 15.9 Å². The normalized spacial score (nSPS) is 10.0. The van der Waals surface area contributed by atoms with Gasteiger partial charge in [0.25, 0.3) is 0 Å². The zero-order valence-electron chi connectivity index (χ0n) is 7.24. The average molecular weight is 278 g/mol. The summed E-state index contributed by atoms with van der Waals surface area (Å²) in [4.78, 5) is 20.7. The molecule has 1 aromatic rings. The van der Waals surface area contributed by atoms with Crippen LogP contribution in [0.5, 0.6) is 5.75 Å². The number of hydrogen-bond donors (Lipinski definition) is 1. The molecule has 0 aromatic heterocycles. The van der Waals surface area contributed by atoms with Crippen molar-refractivity contribution in [2.24, 2.45) is 0 Å². The number of rotatable bonds is 3. The molecule has 1 N–H and O–H groups in total. The average Bonchev–Trinajstić information content (AvgIpc) is 2.20. The lowest BCUT2D eigenvalue weighted by atomic mass is 10.1. The molecular weight excluding hydrogens is 273 g/mol. The van der Waals surface area contributed by atoms with E-state index in [9.17, 15) is 19.3 Å². The highest BCUT2D eigenvalue weighted by Crippen LogP contribution is 2.29. The van der Waals surface area contributed by atoms with E-state index in [0.29, 0.717) is 0 Å². The lowest BCUT2D eigenvalue weighted by Gasteiger charge is -2.02. The van der Waals surface area contributed by atoms with E-state index in [-0.39, 0.29) is 10.9 Å². The highest BCUT2D eigenvalue weighted by molar-refractivity contribution is 9.09. The van der Waals surface area contributed by atoms with Gasteiger partial charge in [0, 0.05) is 0 Å². The summed E-state index contributed by atoms with van der Waals surface area (Å²) in [5, 5.41) is 19.3. The van der Waals surface area contributed by atoms with Gasteiger partial charge in [0.05, 0.1) is 15.8 Å². The first-order chi connectivity index (χ1) is 6.99. The number of benzene rings is 1. The Morgan fingerprint density at radius 3 is 2.67 bits per heavy atom. The molecule has 1 aromatic carbocycles. The molecule has 0 radical (unpaired) electrons. The van der Waals surface area contributed by atoms with E-state index in [1.165, 1.54) is 0 Å². The van der Waals surface area contributed by atoms with Crippen LogP contribution >= 0.6 is 15.9 Å². The molecule has 0 bridgehead atoms. The number of Topliss-reactive ketones (excluding diaryl/α,β-unsaturated/α-hetero) is 1. The third-order valence-electron chi connectivity index (χ3n) is 1.70. The van der Waals surface area contributed by atoms with Crippen molar-refractivity contribution in [1.82, 2.24) is 0 Å². The third-order valence-corrected chi connectivity index (χ3v) is 2.21. The fourth-order valence-corrected chi connectivity index (χ4v) is 1.33. The van der Waals surface area contributed by atoms with Gasteiger partial charge < -0.3 is 5.11 Å². The first-order valence-corrected chi connectivity index (χ1v) is 4.86. The molecular formula is C8H5BrFNO4. The van der Waals surface area contributed by atoms with Crippen molar-refractivity contribution in [2.75, 3.05) is 5.33 Å². The van der Waals surface area contributed by atoms with Crippen molar-refractivity contribution in [3.63, 3.8) is 0 Å². The zero-order valence-corrected chi connectivity index (χ0v) is 8.82. The lowest BCUT2D eigenvalue weighted by molar-refractivity contribution is -0.387. The number of halogens is 2. The van der Waals surface area contributed by atoms with Crippen LogP contribution in [0.1, 0.15) is 10.4 Å². The Morgan fingerprint density at radius 2 is 2.20 bits per heavy atom. The molecule has 0 aliphatic rings.